The lowest BCUT2D eigenvalue weighted by Crippen LogP contribution is -2.19. The van der Waals surface area contributed by atoms with Gasteiger partial charge in [-0.15, -0.1) is 0 Å². The zero-order valence-electron chi connectivity index (χ0n) is 9.91. The molecular formula is C11H20O4. The second-order valence-electron chi connectivity index (χ2n) is 3.96. The van der Waals surface area contributed by atoms with Gasteiger partial charge in [0.1, 0.15) is 6.42 Å². The Kier molecular flexibility index (Phi) is 6.75. The van der Waals surface area contributed by atoms with Gasteiger partial charge in [-0.25, -0.2) is 0 Å². The minimum atomic E-state index is -0.517. The molecule has 0 rings (SSSR count). The van der Waals surface area contributed by atoms with Crippen LogP contribution in [0.25, 0.3) is 0 Å². The zero-order valence-corrected chi connectivity index (χ0v) is 9.91. The van der Waals surface area contributed by atoms with Crippen molar-refractivity contribution in [1.82, 2.24) is 0 Å². The Morgan fingerprint density at radius 2 is 1.73 bits per heavy atom. The summed E-state index contributed by atoms with van der Waals surface area (Å²) < 4.78 is 9.79. The monoisotopic (exact) mass is 216 g/mol. The summed E-state index contributed by atoms with van der Waals surface area (Å²) in [6.07, 6.45) is 0.305. The van der Waals surface area contributed by atoms with Crippen LogP contribution < -0.4 is 0 Å². The van der Waals surface area contributed by atoms with E-state index in [0.717, 1.165) is 6.42 Å². The molecule has 0 bridgehead atoms. The average molecular weight is 216 g/mol. The van der Waals surface area contributed by atoms with E-state index in [0.29, 0.717) is 6.61 Å². The molecule has 1 unspecified atom stereocenters. The lowest BCUT2D eigenvalue weighted by molar-refractivity contribution is -0.157. The quantitative estimate of drug-likeness (QED) is 0.503. The number of ether oxygens (including phenoxy) is 2. The van der Waals surface area contributed by atoms with E-state index in [9.17, 15) is 9.59 Å². The molecule has 88 valence electrons. The van der Waals surface area contributed by atoms with Gasteiger partial charge in [-0.1, -0.05) is 20.8 Å². The molecule has 0 aromatic heterocycles. The van der Waals surface area contributed by atoms with E-state index in [1.54, 1.807) is 6.92 Å². The first-order valence-electron chi connectivity index (χ1n) is 5.30. The molecule has 0 amide bonds. The highest BCUT2D eigenvalue weighted by molar-refractivity contribution is 5.91. The van der Waals surface area contributed by atoms with Crippen LogP contribution in [0.3, 0.4) is 0 Å². The van der Waals surface area contributed by atoms with Crippen LogP contribution >= 0.6 is 0 Å². The topological polar surface area (TPSA) is 52.6 Å². The molecule has 0 aromatic carbocycles. The molecule has 4 heteroatoms. The van der Waals surface area contributed by atoms with Gasteiger partial charge in [0.15, 0.2) is 0 Å². The van der Waals surface area contributed by atoms with Gasteiger partial charge in [-0.2, -0.15) is 0 Å². The van der Waals surface area contributed by atoms with E-state index in [2.05, 4.69) is 0 Å². The molecule has 0 aliphatic rings. The van der Waals surface area contributed by atoms with Crippen molar-refractivity contribution < 1.29 is 19.1 Å². The van der Waals surface area contributed by atoms with Crippen LogP contribution in [0.4, 0.5) is 0 Å². The van der Waals surface area contributed by atoms with Gasteiger partial charge in [-0.3, -0.25) is 9.59 Å². The predicted octanol–water partition coefficient (Wildman–Crippen LogP) is 1.92. The van der Waals surface area contributed by atoms with Gasteiger partial charge < -0.3 is 9.47 Å². The fourth-order valence-corrected chi connectivity index (χ4v) is 0.778. The Bertz CT molecular complexity index is 211. The van der Waals surface area contributed by atoms with E-state index in [4.69, 9.17) is 9.47 Å². The third kappa shape index (κ3) is 7.97. The van der Waals surface area contributed by atoms with E-state index in [1.807, 2.05) is 20.8 Å². The largest absolute Gasteiger partial charge is 0.465 e. The molecule has 0 heterocycles. The minimum absolute atomic E-state index is 0.143. The molecule has 0 aromatic rings. The first-order valence-corrected chi connectivity index (χ1v) is 5.30. The maximum Gasteiger partial charge on any atom is 0.317 e. The maximum absolute atomic E-state index is 11.1. The number of hydrogen-bond donors (Lipinski definition) is 0. The molecular weight excluding hydrogens is 196 g/mol. The molecule has 0 fully saturated rings. The summed E-state index contributed by atoms with van der Waals surface area (Å²) in [7, 11) is 0. The van der Waals surface area contributed by atoms with Crippen molar-refractivity contribution in [3.05, 3.63) is 0 Å². The standard InChI is InChI=1S/C11H20O4/c1-5-9(4)15-11(13)6-10(12)14-7-8(2)3/h8-9H,5-7H2,1-4H3. The summed E-state index contributed by atoms with van der Waals surface area (Å²) in [6, 6.07) is 0. The Balaban J connectivity index is 3.72. The van der Waals surface area contributed by atoms with Crippen LogP contribution in [0.2, 0.25) is 0 Å². The van der Waals surface area contributed by atoms with Gasteiger partial charge in [0.2, 0.25) is 0 Å². The number of carbonyl (C=O) groups is 2. The van der Waals surface area contributed by atoms with E-state index in [-0.39, 0.29) is 18.4 Å². The summed E-state index contributed by atoms with van der Waals surface area (Å²) >= 11 is 0. The third-order valence-electron chi connectivity index (χ3n) is 1.77. The summed E-state index contributed by atoms with van der Waals surface area (Å²) in [6.45, 7) is 7.91. The first-order chi connectivity index (χ1) is 6.95. The van der Waals surface area contributed by atoms with Crippen LogP contribution in [0.15, 0.2) is 0 Å². The van der Waals surface area contributed by atoms with E-state index in [1.165, 1.54) is 0 Å². The molecule has 4 nitrogen and oxygen atoms in total. The fraction of sp³-hybridized carbons (Fsp3) is 0.818. The van der Waals surface area contributed by atoms with Crippen molar-refractivity contribution in [2.45, 2.75) is 46.6 Å². The van der Waals surface area contributed by atoms with Crippen LogP contribution in [0.5, 0.6) is 0 Å². The lowest BCUT2D eigenvalue weighted by atomic mass is 10.2. The van der Waals surface area contributed by atoms with E-state index >= 15 is 0 Å². The lowest BCUT2D eigenvalue weighted by Gasteiger charge is -2.11. The van der Waals surface area contributed by atoms with Gasteiger partial charge in [-0.05, 0) is 19.3 Å². The number of hydrogen-bond acceptors (Lipinski definition) is 4. The van der Waals surface area contributed by atoms with Crippen LogP contribution in [-0.4, -0.2) is 24.6 Å². The molecule has 15 heavy (non-hydrogen) atoms. The number of rotatable bonds is 6. The molecule has 0 spiro atoms. The second-order valence-corrected chi connectivity index (χ2v) is 3.96. The van der Waals surface area contributed by atoms with Gasteiger partial charge in [0.25, 0.3) is 0 Å². The predicted molar refractivity (Wildman–Crippen MR) is 56.3 cm³/mol. The normalized spacial score (nSPS) is 12.3. The molecule has 0 aliphatic heterocycles. The summed E-state index contributed by atoms with van der Waals surface area (Å²) in [5.74, 6) is -0.755. The SMILES string of the molecule is CCC(C)OC(=O)CC(=O)OCC(C)C. The smallest absolute Gasteiger partial charge is 0.317 e. The summed E-state index contributed by atoms with van der Waals surface area (Å²) in [5.41, 5.74) is 0. The fourth-order valence-electron chi connectivity index (χ4n) is 0.778. The van der Waals surface area contributed by atoms with Crippen molar-refractivity contribution in [3.63, 3.8) is 0 Å². The third-order valence-corrected chi connectivity index (χ3v) is 1.77. The highest BCUT2D eigenvalue weighted by Gasteiger charge is 2.14. The molecule has 0 saturated carbocycles. The van der Waals surface area contributed by atoms with Gasteiger partial charge >= 0.3 is 11.9 Å². The zero-order chi connectivity index (χ0) is 11.8. The minimum Gasteiger partial charge on any atom is -0.465 e. The Morgan fingerprint density at radius 1 is 1.13 bits per heavy atom. The molecule has 1 atom stereocenters. The summed E-state index contributed by atoms with van der Waals surface area (Å²) in [5, 5.41) is 0. The summed E-state index contributed by atoms with van der Waals surface area (Å²) in [4.78, 5) is 22.2. The highest BCUT2D eigenvalue weighted by Crippen LogP contribution is 2.01. The first kappa shape index (κ1) is 13.9. The Hall–Kier alpha value is -1.06. The molecule has 0 radical (unpaired) electrons. The van der Waals surface area contributed by atoms with Crippen LogP contribution in [0, 0.1) is 5.92 Å². The Morgan fingerprint density at radius 3 is 2.20 bits per heavy atom. The molecule has 0 N–H and O–H groups in total. The van der Waals surface area contributed by atoms with Crippen LogP contribution in [0.1, 0.15) is 40.5 Å². The molecule has 0 aliphatic carbocycles. The van der Waals surface area contributed by atoms with Gasteiger partial charge in [0, 0.05) is 0 Å². The van der Waals surface area contributed by atoms with Crippen LogP contribution in [-0.2, 0) is 19.1 Å². The maximum atomic E-state index is 11.1. The van der Waals surface area contributed by atoms with Crippen molar-refractivity contribution in [1.29, 1.82) is 0 Å². The van der Waals surface area contributed by atoms with Gasteiger partial charge in [0.05, 0.1) is 12.7 Å². The number of carbonyl (C=O) groups excluding carboxylic acids is 2. The highest BCUT2D eigenvalue weighted by atomic mass is 16.6. The average Bonchev–Trinajstić information content (AvgIpc) is 2.14. The van der Waals surface area contributed by atoms with Crippen molar-refractivity contribution in [2.75, 3.05) is 6.61 Å². The van der Waals surface area contributed by atoms with Crippen molar-refractivity contribution in [3.8, 4) is 0 Å². The van der Waals surface area contributed by atoms with Crippen molar-refractivity contribution in [2.24, 2.45) is 5.92 Å². The van der Waals surface area contributed by atoms with Crippen molar-refractivity contribution >= 4 is 11.9 Å². The number of esters is 2. The second kappa shape index (κ2) is 7.26. The van der Waals surface area contributed by atoms with E-state index < -0.39 is 11.9 Å². The molecule has 0 saturated heterocycles. The Labute approximate surface area is 90.9 Å².